The van der Waals surface area contributed by atoms with E-state index in [2.05, 4.69) is 21.2 Å². The molecule has 1 unspecified atom stereocenters. The number of ether oxygens (including phenoxy) is 3. The molecule has 194 valence electrons. The number of hydrogen-bond donors (Lipinski definition) is 1. The quantitative estimate of drug-likeness (QED) is 0.571. The summed E-state index contributed by atoms with van der Waals surface area (Å²) in [7, 11) is 0. The van der Waals surface area contributed by atoms with Crippen molar-refractivity contribution in [3.8, 4) is 5.75 Å². The molecule has 0 spiro atoms. The number of benzene rings is 2. The van der Waals surface area contributed by atoms with Crippen molar-refractivity contribution in [2.24, 2.45) is 0 Å². The minimum absolute atomic E-state index is 0.154. The maximum absolute atomic E-state index is 15.4. The lowest BCUT2D eigenvalue weighted by molar-refractivity contribution is 0.0240. The van der Waals surface area contributed by atoms with Crippen molar-refractivity contribution in [2.45, 2.75) is 45.4 Å². The van der Waals surface area contributed by atoms with E-state index in [9.17, 15) is 9.59 Å². The molecule has 1 saturated heterocycles. The minimum Gasteiger partial charge on any atom is -0.491 e. The van der Waals surface area contributed by atoms with Crippen LogP contribution < -0.4 is 15.0 Å². The zero-order valence-corrected chi connectivity index (χ0v) is 22.3. The van der Waals surface area contributed by atoms with Gasteiger partial charge in [-0.25, -0.2) is 14.0 Å². The molecule has 1 N–H and O–H groups in total. The van der Waals surface area contributed by atoms with Gasteiger partial charge >= 0.3 is 12.2 Å². The van der Waals surface area contributed by atoms with Crippen LogP contribution in [-0.4, -0.2) is 61.5 Å². The summed E-state index contributed by atoms with van der Waals surface area (Å²) in [6.07, 6.45) is -0.635. The van der Waals surface area contributed by atoms with E-state index in [0.29, 0.717) is 47.7 Å². The molecule has 2 heterocycles. The SMILES string of the molecule is CC(C)(C)OC(=O)N1CCN(c2cc3c(c(F)c2Br)CC(NC(=O)OCc2ccccc2)CO3)CC1. The zero-order chi connectivity index (χ0) is 25.9. The Hall–Kier alpha value is -3.01. The van der Waals surface area contributed by atoms with E-state index in [1.807, 2.05) is 62.1 Å². The molecule has 8 nitrogen and oxygen atoms in total. The third kappa shape index (κ3) is 6.40. The van der Waals surface area contributed by atoms with Crippen molar-refractivity contribution in [1.29, 1.82) is 0 Å². The predicted octanol–water partition coefficient (Wildman–Crippen LogP) is 4.88. The van der Waals surface area contributed by atoms with Gasteiger partial charge in [0.05, 0.1) is 16.2 Å². The average molecular weight is 564 g/mol. The Morgan fingerprint density at radius 3 is 2.53 bits per heavy atom. The van der Waals surface area contributed by atoms with Gasteiger partial charge < -0.3 is 29.3 Å². The highest BCUT2D eigenvalue weighted by Gasteiger charge is 2.31. The summed E-state index contributed by atoms with van der Waals surface area (Å²) in [5.41, 5.74) is 1.40. The van der Waals surface area contributed by atoms with Crippen LogP contribution in [-0.2, 0) is 22.5 Å². The van der Waals surface area contributed by atoms with E-state index in [4.69, 9.17) is 14.2 Å². The van der Waals surface area contributed by atoms with E-state index in [1.54, 1.807) is 4.90 Å². The van der Waals surface area contributed by atoms with E-state index < -0.39 is 23.6 Å². The van der Waals surface area contributed by atoms with Gasteiger partial charge in [0.2, 0.25) is 0 Å². The number of nitrogens with one attached hydrogen (secondary N) is 1. The van der Waals surface area contributed by atoms with Crippen LogP contribution in [0.2, 0.25) is 0 Å². The first-order chi connectivity index (χ1) is 17.1. The van der Waals surface area contributed by atoms with Crippen LogP contribution >= 0.6 is 15.9 Å². The summed E-state index contributed by atoms with van der Waals surface area (Å²) in [4.78, 5) is 28.2. The molecule has 0 aromatic heterocycles. The molecule has 10 heteroatoms. The third-order valence-electron chi connectivity index (χ3n) is 5.95. The first kappa shape index (κ1) is 26.1. The summed E-state index contributed by atoms with van der Waals surface area (Å²) in [6.45, 7) is 7.88. The molecule has 2 aromatic carbocycles. The monoisotopic (exact) mass is 563 g/mol. The second-order valence-electron chi connectivity index (χ2n) is 9.87. The summed E-state index contributed by atoms with van der Waals surface area (Å²) in [5.74, 6) is 0.0391. The number of piperazine rings is 1. The van der Waals surface area contributed by atoms with Crippen LogP contribution in [0.3, 0.4) is 0 Å². The standard InChI is InChI=1S/C26H31BrFN3O5/c1-26(2,3)36-25(33)31-11-9-30(10-12-31)20-14-21-19(23(28)22(20)27)13-18(16-34-21)29-24(32)35-15-17-7-5-4-6-8-17/h4-8,14,18H,9-13,15-16H2,1-3H3,(H,29,32). The van der Waals surface area contributed by atoms with Gasteiger partial charge in [0.1, 0.15) is 30.4 Å². The third-order valence-corrected chi connectivity index (χ3v) is 6.70. The van der Waals surface area contributed by atoms with Gasteiger partial charge in [-0.2, -0.15) is 0 Å². The van der Waals surface area contributed by atoms with Gasteiger partial charge in [-0.15, -0.1) is 0 Å². The van der Waals surface area contributed by atoms with Gasteiger partial charge in [-0.3, -0.25) is 0 Å². The lowest BCUT2D eigenvalue weighted by Crippen LogP contribution is -2.50. The fourth-order valence-corrected chi connectivity index (χ4v) is 4.76. The molecule has 1 atom stereocenters. The topological polar surface area (TPSA) is 80.3 Å². The largest absolute Gasteiger partial charge is 0.491 e. The Morgan fingerprint density at radius 1 is 1.17 bits per heavy atom. The van der Waals surface area contributed by atoms with Gasteiger partial charge in [-0.1, -0.05) is 30.3 Å². The lowest BCUT2D eigenvalue weighted by Gasteiger charge is -2.37. The summed E-state index contributed by atoms with van der Waals surface area (Å²) < 4.78 is 32.3. The molecular formula is C26H31BrFN3O5. The first-order valence-corrected chi connectivity index (χ1v) is 12.7. The highest BCUT2D eigenvalue weighted by atomic mass is 79.9. The number of alkyl carbamates (subject to hydrolysis) is 1. The molecule has 36 heavy (non-hydrogen) atoms. The van der Waals surface area contributed by atoms with Crippen LogP contribution in [0.25, 0.3) is 0 Å². The normalized spacial score (nSPS) is 17.6. The smallest absolute Gasteiger partial charge is 0.410 e. The van der Waals surface area contributed by atoms with E-state index >= 15 is 4.39 Å². The average Bonchev–Trinajstić information content (AvgIpc) is 2.85. The van der Waals surface area contributed by atoms with Crippen LogP contribution in [0, 0.1) is 5.82 Å². The van der Waals surface area contributed by atoms with Crippen LogP contribution in [0.5, 0.6) is 5.75 Å². The van der Waals surface area contributed by atoms with E-state index in [0.717, 1.165) is 5.56 Å². The zero-order valence-electron chi connectivity index (χ0n) is 20.7. The van der Waals surface area contributed by atoms with Crippen LogP contribution in [0.4, 0.5) is 19.7 Å². The molecule has 0 saturated carbocycles. The molecule has 0 aliphatic carbocycles. The van der Waals surface area contributed by atoms with E-state index in [1.165, 1.54) is 0 Å². The maximum Gasteiger partial charge on any atom is 0.410 e. The Morgan fingerprint density at radius 2 is 1.86 bits per heavy atom. The number of fused-ring (bicyclic) bond motifs is 1. The van der Waals surface area contributed by atoms with Gasteiger partial charge in [0, 0.05) is 44.2 Å². The number of nitrogens with zero attached hydrogens (tertiary/aromatic N) is 2. The van der Waals surface area contributed by atoms with Gasteiger partial charge in [0.25, 0.3) is 0 Å². The Bertz CT molecular complexity index is 1100. The maximum atomic E-state index is 15.4. The lowest BCUT2D eigenvalue weighted by atomic mass is 10.0. The predicted molar refractivity (Wildman–Crippen MR) is 137 cm³/mol. The van der Waals surface area contributed by atoms with Gasteiger partial charge in [-0.05, 0) is 42.3 Å². The van der Waals surface area contributed by atoms with Crippen LogP contribution in [0.15, 0.2) is 40.9 Å². The molecule has 4 rings (SSSR count). The first-order valence-electron chi connectivity index (χ1n) is 11.9. The molecule has 2 amide bonds. The minimum atomic E-state index is -0.574. The Kier molecular flexibility index (Phi) is 7.92. The van der Waals surface area contributed by atoms with E-state index in [-0.39, 0.29) is 25.7 Å². The number of carbonyl (C=O) groups excluding carboxylic acids is 2. The molecule has 2 aromatic rings. The van der Waals surface area contributed by atoms with Crippen molar-refractivity contribution in [2.75, 3.05) is 37.7 Å². The fourth-order valence-electron chi connectivity index (χ4n) is 4.15. The fraction of sp³-hybridized carbons (Fsp3) is 0.462. The van der Waals surface area contributed by atoms with Crippen molar-refractivity contribution < 1.29 is 28.2 Å². The van der Waals surface area contributed by atoms with Crippen LogP contribution in [0.1, 0.15) is 31.9 Å². The number of rotatable bonds is 4. The molecule has 2 aliphatic heterocycles. The highest BCUT2D eigenvalue weighted by Crippen LogP contribution is 2.39. The summed E-state index contributed by atoms with van der Waals surface area (Å²) >= 11 is 3.41. The number of amides is 2. The van der Waals surface area contributed by atoms with Crippen molar-refractivity contribution in [3.63, 3.8) is 0 Å². The van der Waals surface area contributed by atoms with Crippen molar-refractivity contribution in [1.82, 2.24) is 10.2 Å². The summed E-state index contributed by atoms with van der Waals surface area (Å²) in [5, 5.41) is 2.76. The number of hydrogen-bond acceptors (Lipinski definition) is 6. The number of halogens is 2. The number of carbonyl (C=O) groups is 2. The Labute approximate surface area is 218 Å². The molecule has 1 fully saturated rings. The van der Waals surface area contributed by atoms with Gasteiger partial charge in [0.15, 0.2) is 0 Å². The Balaban J connectivity index is 1.35. The molecular weight excluding hydrogens is 533 g/mol. The van der Waals surface area contributed by atoms with Crippen molar-refractivity contribution in [3.05, 3.63) is 57.8 Å². The number of anilines is 1. The molecule has 2 aliphatic rings. The van der Waals surface area contributed by atoms with Crippen molar-refractivity contribution >= 4 is 33.8 Å². The second-order valence-corrected chi connectivity index (χ2v) is 10.7. The molecule has 0 bridgehead atoms. The molecule has 0 radical (unpaired) electrons. The second kappa shape index (κ2) is 10.9. The summed E-state index contributed by atoms with van der Waals surface area (Å²) in [6, 6.07) is 10.8. The highest BCUT2D eigenvalue weighted by molar-refractivity contribution is 9.10.